The van der Waals surface area contributed by atoms with Gasteiger partial charge in [0.25, 0.3) is 0 Å². The maximum Gasteiger partial charge on any atom is 0.303 e. The van der Waals surface area contributed by atoms with Crippen molar-refractivity contribution in [1.82, 2.24) is 4.98 Å². The summed E-state index contributed by atoms with van der Waals surface area (Å²) in [5.74, 6) is -0.936. The highest BCUT2D eigenvalue weighted by Crippen LogP contribution is 2.34. The molecule has 0 aromatic carbocycles. The first-order valence-electron chi connectivity index (χ1n) is 6.44. The van der Waals surface area contributed by atoms with Gasteiger partial charge in [-0.1, -0.05) is 6.07 Å². The van der Waals surface area contributed by atoms with E-state index in [1.165, 1.54) is 0 Å². The van der Waals surface area contributed by atoms with Crippen molar-refractivity contribution in [2.75, 3.05) is 13.2 Å². The second-order valence-electron chi connectivity index (χ2n) is 4.68. The molecule has 0 amide bonds. The molecule has 6 heteroatoms. The molecule has 0 aliphatic carbocycles. The van der Waals surface area contributed by atoms with E-state index >= 15 is 0 Å². The van der Waals surface area contributed by atoms with E-state index in [4.69, 9.17) is 14.6 Å². The molecular weight excluding hydrogens is 260 g/mol. The van der Waals surface area contributed by atoms with Crippen LogP contribution in [0.25, 0.3) is 0 Å². The highest BCUT2D eigenvalue weighted by Gasteiger charge is 2.38. The van der Waals surface area contributed by atoms with Gasteiger partial charge in [-0.25, -0.2) is 0 Å². The number of hydrogen-bond donors (Lipinski definition) is 1. The largest absolute Gasteiger partial charge is 0.481 e. The molecule has 0 spiro atoms. The summed E-state index contributed by atoms with van der Waals surface area (Å²) in [5, 5.41) is 18.5. The Bertz CT molecular complexity index is 494. The van der Waals surface area contributed by atoms with Crippen molar-refractivity contribution in [2.24, 2.45) is 0 Å². The molecular formula is C14H16N2O4. The Hall–Kier alpha value is -1.97. The van der Waals surface area contributed by atoms with E-state index in [0.29, 0.717) is 18.9 Å². The number of nitriles is 1. The van der Waals surface area contributed by atoms with E-state index in [-0.39, 0.29) is 19.3 Å². The Kier molecular flexibility index (Phi) is 4.66. The lowest BCUT2D eigenvalue weighted by Gasteiger charge is -2.27. The molecule has 1 fully saturated rings. The summed E-state index contributed by atoms with van der Waals surface area (Å²) in [6.07, 6.45) is 1.48. The molecule has 0 saturated carbocycles. The van der Waals surface area contributed by atoms with Crippen LogP contribution >= 0.6 is 0 Å². The highest BCUT2D eigenvalue weighted by molar-refractivity contribution is 5.67. The third-order valence-corrected chi connectivity index (χ3v) is 3.34. The Labute approximate surface area is 117 Å². The Balaban J connectivity index is 2.24. The molecule has 1 aromatic rings. The smallest absolute Gasteiger partial charge is 0.303 e. The summed E-state index contributed by atoms with van der Waals surface area (Å²) < 4.78 is 10.8. The van der Waals surface area contributed by atoms with Gasteiger partial charge in [0.2, 0.25) is 0 Å². The van der Waals surface area contributed by atoms with Crippen LogP contribution in [0.5, 0.6) is 0 Å². The third kappa shape index (κ3) is 3.32. The minimum atomic E-state index is -1.01. The maximum atomic E-state index is 10.8. The van der Waals surface area contributed by atoms with Gasteiger partial charge in [-0.15, -0.1) is 0 Å². The number of hydrogen-bond acceptors (Lipinski definition) is 5. The number of rotatable bonds is 6. The van der Waals surface area contributed by atoms with E-state index in [1.54, 1.807) is 24.4 Å². The van der Waals surface area contributed by atoms with E-state index in [0.717, 1.165) is 0 Å². The number of aliphatic carboxylic acids is 1. The summed E-state index contributed by atoms with van der Waals surface area (Å²) in [6, 6.07) is 7.50. The molecule has 2 heterocycles. The minimum Gasteiger partial charge on any atom is -0.481 e. The highest BCUT2D eigenvalue weighted by atomic mass is 16.7. The van der Waals surface area contributed by atoms with Gasteiger partial charge in [-0.05, 0) is 18.6 Å². The van der Waals surface area contributed by atoms with Crippen LogP contribution in [0.4, 0.5) is 0 Å². The molecule has 1 aromatic heterocycles. The number of carbonyl (C=O) groups is 1. The SMILES string of the molecule is N#CC(CCC(=O)O)(CC1OCCO1)c1ccccn1. The first kappa shape index (κ1) is 14.4. The fourth-order valence-corrected chi connectivity index (χ4v) is 2.27. The molecule has 106 valence electrons. The van der Waals surface area contributed by atoms with Crippen LogP contribution in [0.15, 0.2) is 24.4 Å². The van der Waals surface area contributed by atoms with Crippen LogP contribution in [0.2, 0.25) is 0 Å². The number of ether oxygens (including phenoxy) is 2. The first-order chi connectivity index (χ1) is 9.66. The minimum absolute atomic E-state index is 0.100. The Morgan fingerprint density at radius 1 is 1.50 bits per heavy atom. The van der Waals surface area contributed by atoms with Crippen molar-refractivity contribution in [3.05, 3.63) is 30.1 Å². The van der Waals surface area contributed by atoms with Crippen molar-refractivity contribution in [1.29, 1.82) is 5.26 Å². The number of nitrogens with zero attached hydrogens (tertiary/aromatic N) is 2. The third-order valence-electron chi connectivity index (χ3n) is 3.34. The average Bonchev–Trinajstić information content (AvgIpc) is 2.97. The average molecular weight is 276 g/mol. The number of aromatic nitrogens is 1. The van der Waals surface area contributed by atoms with Gasteiger partial charge in [0.1, 0.15) is 5.41 Å². The van der Waals surface area contributed by atoms with Crippen molar-refractivity contribution in [3.63, 3.8) is 0 Å². The van der Waals surface area contributed by atoms with Crippen molar-refractivity contribution in [3.8, 4) is 6.07 Å². The number of pyridine rings is 1. The summed E-state index contributed by atoms with van der Waals surface area (Å²) >= 11 is 0. The van der Waals surface area contributed by atoms with Crippen LogP contribution < -0.4 is 0 Å². The Morgan fingerprint density at radius 2 is 2.25 bits per heavy atom. The van der Waals surface area contributed by atoms with Gasteiger partial charge >= 0.3 is 5.97 Å². The molecule has 1 unspecified atom stereocenters. The zero-order chi connectivity index (χ0) is 14.4. The molecule has 6 nitrogen and oxygen atoms in total. The van der Waals surface area contributed by atoms with Crippen LogP contribution in [0.3, 0.4) is 0 Å². The van der Waals surface area contributed by atoms with Crippen LogP contribution in [0, 0.1) is 11.3 Å². The fourth-order valence-electron chi connectivity index (χ4n) is 2.27. The van der Waals surface area contributed by atoms with Gasteiger partial charge in [-0.3, -0.25) is 9.78 Å². The summed E-state index contributed by atoms with van der Waals surface area (Å²) in [5.41, 5.74) is -0.447. The number of carboxylic acids is 1. The van der Waals surface area contributed by atoms with Gasteiger partial charge in [0.15, 0.2) is 6.29 Å². The van der Waals surface area contributed by atoms with Crippen LogP contribution in [-0.2, 0) is 19.7 Å². The van der Waals surface area contributed by atoms with Crippen molar-refractivity contribution < 1.29 is 19.4 Å². The van der Waals surface area contributed by atoms with Crippen molar-refractivity contribution >= 4 is 5.97 Å². The normalized spacial score (nSPS) is 18.4. The van der Waals surface area contributed by atoms with E-state index in [9.17, 15) is 10.1 Å². The van der Waals surface area contributed by atoms with E-state index in [2.05, 4.69) is 11.1 Å². The van der Waals surface area contributed by atoms with Crippen molar-refractivity contribution in [2.45, 2.75) is 31.0 Å². The molecule has 1 saturated heterocycles. The van der Waals surface area contributed by atoms with Crippen LogP contribution in [0.1, 0.15) is 25.0 Å². The molecule has 0 radical (unpaired) electrons. The Morgan fingerprint density at radius 3 is 2.80 bits per heavy atom. The maximum absolute atomic E-state index is 10.8. The zero-order valence-corrected chi connectivity index (χ0v) is 11.0. The summed E-state index contributed by atoms with van der Waals surface area (Å²) in [4.78, 5) is 15.1. The molecule has 1 atom stereocenters. The lowest BCUT2D eigenvalue weighted by Crippen LogP contribution is -2.32. The summed E-state index contributed by atoms with van der Waals surface area (Å²) in [7, 11) is 0. The fraction of sp³-hybridized carbons (Fsp3) is 0.500. The standard InChI is InChI=1S/C14H16N2O4/c15-10-14(5-4-12(17)18,9-13-19-7-8-20-13)11-3-1-2-6-16-11/h1-3,6,13H,4-5,7-9H2,(H,17,18). The first-order valence-corrected chi connectivity index (χ1v) is 6.44. The van der Waals surface area contributed by atoms with Gasteiger partial charge < -0.3 is 14.6 Å². The van der Waals surface area contributed by atoms with E-state index < -0.39 is 17.7 Å². The molecule has 1 aliphatic rings. The monoisotopic (exact) mass is 276 g/mol. The molecule has 1 N–H and O–H groups in total. The van der Waals surface area contributed by atoms with E-state index in [1.807, 2.05) is 0 Å². The zero-order valence-electron chi connectivity index (χ0n) is 11.0. The quantitative estimate of drug-likeness (QED) is 0.845. The molecule has 0 bridgehead atoms. The van der Waals surface area contributed by atoms with Crippen LogP contribution in [-0.4, -0.2) is 35.6 Å². The van der Waals surface area contributed by atoms with Gasteiger partial charge in [-0.2, -0.15) is 5.26 Å². The van der Waals surface area contributed by atoms with Gasteiger partial charge in [0, 0.05) is 19.0 Å². The lowest BCUT2D eigenvalue weighted by atomic mass is 9.78. The molecule has 1 aliphatic heterocycles. The van der Waals surface area contributed by atoms with Gasteiger partial charge in [0.05, 0.1) is 25.0 Å². The lowest BCUT2D eigenvalue weighted by molar-refractivity contribution is -0.137. The second kappa shape index (κ2) is 6.46. The molecule has 2 rings (SSSR count). The molecule has 20 heavy (non-hydrogen) atoms. The second-order valence-corrected chi connectivity index (χ2v) is 4.68. The topological polar surface area (TPSA) is 92.4 Å². The predicted octanol–water partition coefficient (Wildman–Crippen LogP) is 1.47. The summed E-state index contributed by atoms with van der Waals surface area (Å²) in [6.45, 7) is 0.987. The predicted molar refractivity (Wildman–Crippen MR) is 68.7 cm³/mol. The number of carboxylic acid groups (broad SMARTS) is 1.